The van der Waals surface area contributed by atoms with Crippen LogP contribution in [0.3, 0.4) is 0 Å². The standard InChI is InChI=1S/C11H13ClN2O2S/c12-8-1-3-9(4-2-8)14-11(16)7-17-6-5-10(13)15/h1-4H,5-7H2,(H2,13,15)(H,14,16). The number of anilines is 1. The zero-order valence-corrected chi connectivity index (χ0v) is 10.7. The first kappa shape index (κ1) is 13.9. The van der Waals surface area contributed by atoms with Gasteiger partial charge in [0.1, 0.15) is 0 Å². The van der Waals surface area contributed by atoms with Crippen LogP contribution in [0.5, 0.6) is 0 Å². The molecule has 92 valence electrons. The summed E-state index contributed by atoms with van der Waals surface area (Å²) in [6.07, 6.45) is 0.291. The van der Waals surface area contributed by atoms with Crippen LogP contribution < -0.4 is 11.1 Å². The molecule has 1 aromatic rings. The van der Waals surface area contributed by atoms with Crippen LogP contribution in [0.1, 0.15) is 6.42 Å². The molecule has 4 nitrogen and oxygen atoms in total. The molecule has 3 N–H and O–H groups in total. The largest absolute Gasteiger partial charge is 0.370 e. The number of carbonyl (C=O) groups is 2. The molecule has 0 bridgehead atoms. The van der Waals surface area contributed by atoms with Crippen molar-refractivity contribution in [3.63, 3.8) is 0 Å². The maximum Gasteiger partial charge on any atom is 0.234 e. The third kappa shape index (κ3) is 6.19. The fraction of sp³-hybridized carbons (Fsp3) is 0.273. The van der Waals surface area contributed by atoms with Crippen LogP contribution in [0.25, 0.3) is 0 Å². The smallest absolute Gasteiger partial charge is 0.234 e. The third-order valence-electron chi connectivity index (χ3n) is 1.85. The minimum absolute atomic E-state index is 0.109. The molecule has 0 atom stereocenters. The molecule has 0 saturated heterocycles. The fourth-order valence-electron chi connectivity index (χ4n) is 1.07. The lowest BCUT2D eigenvalue weighted by atomic mass is 10.3. The Bertz CT molecular complexity index is 395. The highest BCUT2D eigenvalue weighted by Crippen LogP contribution is 2.13. The van der Waals surface area contributed by atoms with Crippen molar-refractivity contribution >= 4 is 40.9 Å². The van der Waals surface area contributed by atoms with Crippen LogP contribution in [-0.4, -0.2) is 23.3 Å². The van der Waals surface area contributed by atoms with E-state index in [1.165, 1.54) is 11.8 Å². The van der Waals surface area contributed by atoms with E-state index in [4.69, 9.17) is 17.3 Å². The minimum Gasteiger partial charge on any atom is -0.370 e. The summed E-state index contributed by atoms with van der Waals surface area (Å²) >= 11 is 7.09. The van der Waals surface area contributed by atoms with Crippen LogP contribution in [0.15, 0.2) is 24.3 Å². The second-order valence-corrected chi connectivity index (χ2v) is 4.87. The van der Waals surface area contributed by atoms with Gasteiger partial charge >= 0.3 is 0 Å². The Balaban J connectivity index is 2.25. The summed E-state index contributed by atoms with van der Waals surface area (Å²) in [4.78, 5) is 21.9. The summed E-state index contributed by atoms with van der Waals surface area (Å²) in [7, 11) is 0. The molecule has 0 aromatic heterocycles. The van der Waals surface area contributed by atoms with E-state index >= 15 is 0 Å². The summed E-state index contributed by atoms with van der Waals surface area (Å²) in [6, 6.07) is 6.87. The number of primary amides is 1. The second-order valence-electron chi connectivity index (χ2n) is 3.32. The van der Waals surface area contributed by atoms with Crippen molar-refractivity contribution in [3.8, 4) is 0 Å². The van der Waals surface area contributed by atoms with Crippen molar-refractivity contribution in [2.45, 2.75) is 6.42 Å². The summed E-state index contributed by atoms with van der Waals surface area (Å²) in [6.45, 7) is 0. The molecule has 0 fully saturated rings. The van der Waals surface area contributed by atoms with E-state index in [-0.39, 0.29) is 11.8 Å². The average molecular weight is 273 g/mol. The molecule has 0 heterocycles. The van der Waals surface area contributed by atoms with Crippen molar-refractivity contribution in [3.05, 3.63) is 29.3 Å². The van der Waals surface area contributed by atoms with Crippen LogP contribution in [0.4, 0.5) is 5.69 Å². The van der Waals surface area contributed by atoms with Gasteiger partial charge in [0.15, 0.2) is 0 Å². The topological polar surface area (TPSA) is 72.2 Å². The maximum absolute atomic E-state index is 11.5. The van der Waals surface area contributed by atoms with Gasteiger partial charge in [0.25, 0.3) is 0 Å². The van der Waals surface area contributed by atoms with E-state index in [9.17, 15) is 9.59 Å². The van der Waals surface area contributed by atoms with Gasteiger partial charge in [-0.1, -0.05) is 11.6 Å². The van der Waals surface area contributed by atoms with Gasteiger partial charge in [-0.15, -0.1) is 0 Å². The van der Waals surface area contributed by atoms with Crippen molar-refractivity contribution in [1.82, 2.24) is 0 Å². The van der Waals surface area contributed by atoms with Gasteiger partial charge in [0.05, 0.1) is 5.75 Å². The van der Waals surface area contributed by atoms with E-state index in [0.717, 1.165) is 0 Å². The number of thioether (sulfide) groups is 1. The highest BCUT2D eigenvalue weighted by Gasteiger charge is 2.03. The van der Waals surface area contributed by atoms with Crippen LogP contribution in [0.2, 0.25) is 5.02 Å². The summed E-state index contributed by atoms with van der Waals surface area (Å²) < 4.78 is 0. The summed E-state index contributed by atoms with van der Waals surface area (Å²) in [5, 5.41) is 3.35. The van der Waals surface area contributed by atoms with Crippen molar-refractivity contribution in [2.75, 3.05) is 16.8 Å². The van der Waals surface area contributed by atoms with Crippen LogP contribution >= 0.6 is 23.4 Å². The van der Waals surface area contributed by atoms with Crippen LogP contribution in [0, 0.1) is 0 Å². The molecule has 1 rings (SSSR count). The highest BCUT2D eigenvalue weighted by molar-refractivity contribution is 7.99. The van der Waals surface area contributed by atoms with E-state index in [1.54, 1.807) is 24.3 Å². The van der Waals surface area contributed by atoms with E-state index in [1.807, 2.05) is 0 Å². The predicted molar refractivity (Wildman–Crippen MR) is 71.2 cm³/mol. The van der Waals surface area contributed by atoms with Gasteiger partial charge in [-0.25, -0.2) is 0 Å². The molecule has 0 saturated carbocycles. The lowest BCUT2D eigenvalue weighted by Crippen LogP contribution is -2.15. The first-order chi connectivity index (χ1) is 8.08. The molecule has 0 unspecified atom stereocenters. The first-order valence-corrected chi connectivity index (χ1v) is 6.52. The zero-order valence-electron chi connectivity index (χ0n) is 9.11. The lowest BCUT2D eigenvalue weighted by Gasteiger charge is -2.04. The van der Waals surface area contributed by atoms with Gasteiger partial charge in [0.2, 0.25) is 11.8 Å². The highest BCUT2D eigenvalue weighted by atomic mass is 35.5. The molecular weight excluding hydrogens is 260 g/mol. The zero-order chi connectivity index (χ0) is 12.7. The molecule has 0 aliphatic carbocycles. The molecule has 0 aliphatic rings. The molecule has 0 radical (unpaired) electrons. The maximum atomic E-state index is 11.5. The number of nitrogens with two attached hydrogens (primary N) is 1. The van der Waals surface area contributed by atoms with E-state index in [0.29, 0.717) is 28.6 Å². The normalized spacial score (nSPS) is 9.94. The average Bonchev–Trinajstić information content (AvgIpc) is 2.27. The Labute approximate surface area is 109 Å². The van der Waals surface area contributed by atoms with Crippen LogP contribution in [-0.2, 0) is 9.59 Å². The number of hydrogen-bond donors (Lipinski definition) is 2. The Hall–Kier alpha value is -1.20. The van der Waals surface area contributed by atoms with E-state index < -0.39 is 0 Å². The molecule has 2 amide bonds. The van der Waals surface area contributed by atoms with E-state index in [2.05, 4.69) is 5.32 Å². The number of rotatable bonds is 6. The molecular formula is C11H13ClN2O2S. The Kier molecular flexibility index (Phi) is 5.86. The van der Waals surface area contributed by atoms with Gasteiger partial charge in [-0.2, -0.15) is 11.8 Å². The number of benzene rings is 1. The van der Waals surface area contributed by atoms with Gasteiger partial charge in [0, 0.05) is 22.9 Å². The number of hydrogen-bond acceptors (Lipinski definition) is 3. The molecule has 0 aliphatic heterocycles. The van der Waals surface area contributed by atoms with Gasteiger partial charge in [-0.05, 0) is 24.3 Å². The lowest BCUT2D eigenvalue weighted by molar-refractivity contribution is -0.117. The first-order valence-electron chi connectivity index (χ1n) is 4.99. The summed E-state index contributed by atoms with van der Waals surface area (Å²) in [5.41, 5.74) is 5.69. The molecule has 17 heavy (non-hydrogen) atoms. The number of nitrogens with one attached hydrogen (secondary N) is 1. The number of carbonyl (C=O) groups excluding carboxylic acids is 2. The SMILES string of the molecule is NC(=O)CCSCC(=O)Nc1ccc(Cl)cc1. The van der Waals surface area contributed by atoms with Crippen molar-refractivity contribution in [1.29, 1.82) is 0 Å². The van der Waals surface area contributed by atoms with Gasteiger partial charge < -0.3 is 11.1 Å². The van der Waals surface area contributed by atoms with Crippen molar-refractivity contribution < 1.29 is 9.59 Å². The molecule has 6 heteroatoms. The monoisotopic (exact) mass is 272 g/mol. The Morgan fingerprint density at radius 3 is 2.53 bits per heavy atom. The second kappa shape index (κ2) is 7.19. The molecule has 0 spiro atoms. The van der Waals surface area contributed by atoms with Gasteiger partial charge in [-0.3, -0.25) is 9.59 Å². The number of amides is 2. The predicted octanol–water partition coefficient (Wildman–Crippen LogP) is 1.89. The van der Waals surface area contributed by atoms with Crippen molar-refractivity contribution in [2.24, 2.45) is 5.73 Å². The Morgan fingerprint density at radius 2 is 1.94 bits per heavy atom. The summed E-state index contributed by atoms with van der Waals surface area (Å²) in [5.74, 6) is 0.400. The minimum atomic E-state index is -0.351. The number of halogens is 1. The Morgan fingerprint density at radius 1 is 1.29 bits per heavy atom. The third-order valence-corrected chi connectivity index (χ3v) is 3.07. The fourth-order valence-corrected chi connectivity index (χ4v) is 1.94. The quantitative estimate of drug-likeness (QED) is 0.777. The molecule has 1 aromatic carbocycles.